The third-order valence-electron chi connectivity index (χ3n) is 7.63. The topological polar surface area (TPSA) is 148 Å². The molecule has 2 unspecified atom stereocenters. The molecule has 2 atom stereocenters. The quantitative estimate of drug-likeness (QED) is 0.241. The molecule has 11 nitrogen and oxygen atoms in total. The number of pyridine rings is 2. The molecular weight excluding hydrogens is 560 g/mol. The smallest absolute Gasteiger partial charge is 0.307 e. The molecule has 2 aliphatic heterocycles. The molecule has 4 aromatic heterocycles. The molecule has 216 valence electrons. The van der Waals surface area contributed by atoms with Crippen molar-refractivity contribution in [2.24, 2.45) is 11.8 Å². The molecule has 0 amide bonds. The van der Waals surface area contributed by atoms with Crippen LogP contribution in [0.15, 0.2) is 73.8 Å². The first kappa shape index (κ1) is 28.9. The normalized spacial score (nSPS) is 20.9. The van der Waals surface area contributed by atoms with E-state index in [9.17, 15) is 14.3 Å². The molecule has 6 rings (SSSR count). The Labute approximate surface area is 245 Å². The van der Waals surface area contributed by atoms with Gasteiger partial charge in [0.2, 0.25) is 0 Å². The van der Waals surface area contributed by atoms with Gasteiger partial charge in [0.1, 0.15) is 12.4 Å². The Morgan fingerprint density at radius 3 is 1.93 bits per heavy atom. The third-order valence-corrected chi connectivity index (χ3v) is 10.1. The van der Waals surface area contributed by atoms with Gasteiger partial charge in [-0.3, -0.25) is 33.7 Å². The zero-order chi connectivity index (χ0) is 28.6. The van der Waals surface area contributed by atoms with Gasteiger partial charge in [-0.25, -0.2) is 0 Å². The van der Waals surface area contributed by atoms with Crippen LogP contribution in [0.2, 0.25) is 0 Å². The van der Waals surface area contributed by atoms with Gasteiger partial charge in [0.15, 0.2) is 0 Å². The molecule has 0 aliphatic carbocycles. The first-order chi connectivity index (χ1) is 20.0. The highest BCUT2D eigenvalue weighted by atomic mass is 32.2. The van der Waals surface area contributed by atoms with Crippen molar-refractivity contribution in [2.75, 3.05) is 28.7 Å². The molecule has 0 spiro atoms. The SMILES string of the molecule is Nc1cnn(C(c2cccnc2)C2CCS(=O)CC2)c1.O=[N+]([O-])c1cnn(C(c2cccnc2)C2CCSCC2)c1. The maximum Gasteiger partial charge on any atom is 0.307 e. The van der Waals surface area contributed by atoms with Crippen LogP contribution in [0, 0.1) is 22.0 Å². The first-order valence-corrected chi connectivity index (χ1v) is 16.3. The lowest BCUT2D eigenvalue weighted by Crippen LogP contribution is -2.28. The first-order valence-electron chi connectivity index (χ1n) is 13.7. The molecule has 2 N–H and O–H groups in total. The number of anilines is 1. The van der Waals surface area contributed by atoms with Crippen molar-refractivity contribution >= 4 is 33.9 Å². The van der Waals surface area contributed by atoms with Crippen LogP contribution in [0.3, 0.4) is 0 Å². The minimum absolute atomic E-state index is 0.0216. The molecule has 2 saturated heterocycles. The van der Waals surface area contributed by atoms with Crippen molar-refractivity contribution in [1.82, 2.24) is 29.5 Å². The van der Waals surface area contributed by atoms with E-state index in [0.717, 1.165) is 59.8 Å². The van der Waals surface area contributed by atoms with Crippen LogP contribution in [-0.4, -0.2) is 61.7 Å². The lowest BCUT2D eigenvalue weighted by Gasteiger charge is -2.30. The highest BCUT2D eigenvalue weighted by molar-refractivity contribution is 7.99. The summed E-state index contributed by atoms with van der Waals surface area (Å²) in [6.45, 7) is 0. The summed E-state index contributed by atoms with van der Waals surface area (Å²) >= 11 is 1.96. The summed E-state index contributed by atoms with van der Waals surface area (Å²) in [5.74, 6) is 4.68. The second-order valence-corrected chi connectivity index (χ2v) is 13.2. The fourth-order valence-electron chi connectivity index (χ4n) is 5.62. The zero-order valence-electron chi connectivity index (χ0n) is 22.6. The number of nitrogens with two attached hydrogens (primary N) is 1. The number of nitro groups is 1. The number of aromatic nitrogens is 6. The number of nitrogen functional groups attached to an aromatic ring is 1. The van der Waals surface area contributed by atoms with Crippen LogP contribution in [-0.2, 0) is 10.8 Å². The molecular formula is C28H34N8O3S2. The lowest BCUT2D eigenvalue weighted by atomic mass is 9.89. The van der Waals surface area contributed by atoms with Gasteiger partial charge in [0, 0.05) is 53.3 Å². The van der Waals surface area contributed by atoms with Crippen LogP contribution < -0.4 is 5.73 Å². The summed E-state index contributed by atoms with van der Waals surface area (Å²) < 4.78 is 15.2. The summed E-state index contributed by atoms with van der Waals surface area (Å²) in [5, 5.41) is 19.5. The van der Waals surface area contributed by atoms with Gasteiger partial charge in [-0.15, -0.1) is 0 Å². The van der Waals surface area contributed by atoms with Crippen LogP contribution in [0.4, 0.5) is 11.4 Å². The van der Waals surface area contributed by atoms with Crippen LogP contribution in [0.5, 0.6) is 0 Å². The maximum absolute atomic E-state index is 11.6. The Balaban J connectivity index is 0.000000165. The fraction of sp³-hybridized carbons (Fsp3) is 0.429. The maximum atomic E-state index is 11.6. The highest BCUT2D eigenvalue weighted by Crippen LogP contribution is 2.36. The summed E-state index contributed by atoms with van der Waals surface area (Å²) in [7, 11) is -0.655. The summed E-state index contributed by atoms with van der Waals surface area (Å²) in [6.07, 6.45) is 17.7. The van der Waals surface area contributed by atoms with Gasteiger partial charge < -0.3 is 5.73 Å². The summed E-state index contributed by atoms with van der Waals surface area (Å²) in [5.41, 5.74) is 8.69. The van der Waals surface area contributed by atoms with Crippen LogP contribution in [0.25, 0.3) is 0 Å². The standard InChI is InChI=1S/C14H16N4O2S.C14H18N4OS/c19-18(20)13-9-16-17(10-13)14(11-3-6-21-7-4-11)12-2-1-5-15-8-12;15-13-9-17-18(10-13)14(12-2-1-5-16-8-12)11-3-6-20(19)7-4-11/h1-2,5,8-11,14H,3-4,6-7H2;1-2,5,8-11,14H,3-4,6-7,15H2. The number of hydrogen-bond donors (Lipinski definition) is 1. The van der Waals surface area contributed by atoms with Crippen molar-refractivity contribution in [2.45, 2.75) is 37.8 Å². The van der Waals surface area contributed by atoms with Crippen molar-refractivity contribution in [1.29, 1.82) is 0 Å². The second-order valence-electron chi connectivity index (χ2n) is 10.3. The number of thioether (sulfide) groups is 1. The monoisotopic (exact) mass is 594 g/mol. The van der Waals surface area contributed by atoms with Gasteiger partial charge in [-0.1, -0.05) is 12.1 Å². The number of rotatable bonds is 7. The van der Waals surface area contributed by atoms with E-state index in [1.165, 1.54) is 12.4 Å². The molecule has 4 aromatic rings. The van der Waals surface area contributed by atoms with E-state index in [1.807, 2.05) is 53.2 Å². The average molecular weight is 595 g/mol. The molecule has 0 aromatic carbocycles. The molecule has 0 radical (unpaired) electrons. The average Bonchev–Trinajstić information content (AvgIpc) is 3.66. The van der Waals surface area contributed by atoms with Crippen LogP contribution in [0.1, 0.15) is 48.9 Å². The predicted molar refractivity (Wildman–Crippen MR) is 161 cm³/mol. The van der Waals surface area contributed by atoms with Crippen LogP contribution >= 0.6 is 11.8 Å². The number of hydrogen-bond acceptors (Lipinski definition) is 9. The van der Waals surface area contributed by atoms with E-state index in [-0.39, 0.29) is 17.8 Å². The molecule has 6 heterocycles. The molecule has 41 heavy (non-hydrogen) atoms. The van der Waals surface area contributed by atoms with Crippen molar-refractivity contribution in [3.63, 3.8) is 0 Å². The van der Waals surface area contributed by atoms with Gasteiger partial charge in [0.05, 0.1) is 28.9 Å². The Morgan fingerprint density at radius 1 is 0.878 bits per heavy atom. The molecule has 13 heteroatoms. The van der Waals surface area contributed by atoms with Crippen molar-refractivity contribution < 1.29 is 9.13 Å². The van der Waals surface area contributed by atoms with E-state index < -0.39 is 15.7 Å². The van der Waals surface area contributed by atoms with E-state index in [2.05, 4.69) is 26.2 Å². The zero-order valence-corrected chi connectivity index (χ0v) is 24.3. The highest BCUT2D eigenvalue weighted by Gasteiger charge is 2.30. The van der Waals surface area contributed by atoms with Gasteiger partial charge >= 0.3 is 5.69 Å². The number of nitrogens with zero attached hydrogens (tertiary/aromatic N) is 7. The minimum Gasteiger partial charge on any atom is -0.396 e. The summed E-state index contributed by atoms with van der Waals surface area (Å²) in [6, 6.07) is 8.08. The van der Waals surface area contributed by atoms with E-state index in [4.69, 9.17) is 5.73 Å². The Hall–Kier alpha value is -3.58. The van der Waals surface area contributed by atoms with Gasteiger partial charge in [-0.05, 0) is 72.3 Å². The van der Waals surface area contributed by atoms with E-state index in [0.29, 0.717) is 17.5 Å². The van der Waals surface area contributed by atoms with Gasteiger partial charge in [0.25, 0.3) is 0 Å². The largest absolute Gasteiger partial charge is 0.396 e. The molecule has 0 bridgehead atoms. The van der Waals surface area contributed by atoms with E-state index in [1.54, 1.807) is 23.3 Å². The minimum atomic E-state index is -0.655. The Bertz CT molecular complexity index is 1420. The third kappa shape index (κ3) is 7.39. The predicted octanol–water partition coefficient (Wildman–Crippen LogP) is 4.53. The lowest BCUT2D eigenvalue weighted by molar-refractivity contribution is -0.385. The van der Waals surface area contributed by atoms with E-state index >= 15 is 0 Å². The van der Waals surface area contributed by atoms with Crippen molar-refractivity contribution in [3.05, 3.63) is 95.1 Å². The molecule has 2 fully saturated rings. The Kier molecular flexibility index (Phi) is 9.78. The fourth-order valence-corrected chi connectivity index (χ4v) is 8.10. The molecule has 2 aliphatic rings. The van der Waals surface area contributed by atoms with Crippen molar-refractivity contribution in [3.8, 4) is 0 Å². The molecule has 0 saturated carbocycles. The Morgan fingerprint density at radius 2 is 1.44 bits per heavy atom. The second kappa shape index (κ2) is 13.9. The van der Waals surface area contributed by atoms with Gasteiger partial charge in [-0.2, -0.15) is 22.0 Å². The summed E-state index contributed by atoms with van der Waals surface area (Å²) in [4.78, 5) is 18.9.